The van der Waals surface area contributed by atoms with Gasteiger partial charge in [0.05, 0.1) is 17.2 Å². The smallest absolute Gasteiger partial charge is 0.261 e. The van der Waals surface area contributed by atoms with Gasteiger partial charge in [-0.15, -0.1) is 0 Å². The molecule has 1 amide bonds. The van der Waals surface area contributed by atoms with E-state index in [1.54, 1.807) is 12.1 Å². The van der Waals surface area contributed by atoms with Gasteiger partial charge < -0.3 is 4.90 Å². The molecule has 0 saturated heterocycles. The lowest BCUT2D eigenvalue weighted by Gasteiger charge is -2.30. The zero-order valence-corrected chi connectivity index (χ0v) is 15.4. The third-order valence-corrected chi connectivity index (χ3v) is 5.35. The van der Waals surface area contributed by atoms with Crippen molar-refractivity contribution in [1.29, 1.82) is 0 Å². The van der Waals surface area contributed by atoms with E-state index in [1.807, 2.05) is 47.4 Å². The average molecular weight is 361 g/mol. The van der Waals surface area contributed by atoms with E-state index in [1.165, 1.54) is 10.9 Å². The molecule has 5 nitrogen and oxygen atoms in total. The van der Waals surface area contributed by atoms with Crippen LogP contribution in [0.1, 0.15) is 25.3 Å². The summed E-state index contributed by atoms with van der Waals surface area (Å²) in [5, 5.41) is 0.539. The quantitative estimate of drug-likeness (QED) is 0.677. The summed E-state index contributed by atoms with van der Waals surface area (Å²) in [5.41, 5.74) is 1.58. The second kappa shape index (κ2) is 7.35. The molecule has 0 radical (unpaired) electrons. The minimum absolute atomic E-state index is 0.0144. The molecule has 0 N–H and O–H groups in total. The molecular formula is C22H23N3O2. The minimum Gasteiger partial charge on any atom is -0.334 e. The Morgan fingerprint density at radius 1 is 1.15 bits per heavy atom. The number of aromatic nitrogens is 2. The van der Waals surface area contributed by atoms with E-state index in [0.29, 0.717) is 23.4 Å². The summed E-state index contributed by atoms with van der Waals surface area (Å²) < 4.78 is 1.42. The maximum absolute atomic E-state index is 13.1. The topological polar surface area (TPSA) is 55.2 Å². The Bertz CT molecular complexity index is 1010. The molecule has 1 aromatic heterocycles. The molecule has 2 aromatic carbocycles. The first-order chi connectivity index (χ1) is 13.1. The highest BCUT2D eigenvalue weighted by molar-refractivity contribution is 5.79. The number of benzene rings is 2. The molecule has 1 atom stereocenters. The largest absolute Gasteiger partial charge is 0.334 e. The first-order valence-electron chi connectivity index (χ1n) is 9.41. The van der Waals surface area contributed by atoms with Gasteiger partial charge in [0, 0.05) is 12.6 Å². The van der Waals surface area contributed by atoms with Crippen LogP contribution in [0.3, 0.4) is 0 Å². The molecule has 1 aliphatic rings. The van der Waals surface area contributed by atoms with Crippen molar-refractivity contribution in [1.82, 2.24) is 14.5 Å². The summed E-state index contributed by atoms with van der Waals surface area (Å²) in [5.74, 6) is 0.515. The van der Waals surface area contributed by atoms with Crippen molar-refractivity contribution < 1.29 is 4.79 Å². The molecule has 0 aliphatic heterocycles. The van der Waals surface area contributed by atoms with E-state index in [2.05, 4.69) is 11.9 Å². The van der Waals surface area contributed by atoms with Crippen molar-refractivity contribution in [2.24, 2.45) is 5.92 Å². The SMILES string of the molecule is C[C@@H](C1CC1)N(Cc1ccccc1)C(=O)Cn1cnc2ccccc2c1=O. The van der Waals surface area contributed by atoms with E-state index in [9.17, 15) is 9.59 Å². The van der Waals surface area contributed by atoms with E-state index in [0.717, 1.165) is 18.4 Å². The fourth-order valence-electron chi connectivity index (χ4n) is 3.53. The first kappa shape index (κ1) is 17.5. The molecule has 138 valence electrons. The summed E-state index contributed by atoms with van der Waals surface area (Å²) in [6, 6.07) is 17.4. The molecule has 1 fully saturated rings. The van der Waals surface area contributed by atoms with Crippen molar-refractivity contribution in [2.75, 3.05) is 0 Å². The number of fused-ring (bicyclic) bond motifs is 1. The van der Waals surface area contributed by atoms with E-state index < -0.39 is 0 Å². The van der Waals surface area contributed by atoms with Gasteiger partial charge in [-0.1, -0.05) is 42.5 Å². The van der Waals surface area contributed by atoms with Crippen LogP contribution in [-0.2, 0) is 17.9 Å². The lowest BCUT2D eigenvalue weighted by Crippen LogP contribution is -2.42. The number of hydrogen-bond acceptors (Lipinski definition) is 3. The van der Waals surface area contributed by atoms with Crippen LogP contribution < -0.4 is 5.56 Å². The third-order valence-electron chi connectivity index (χ3n) is 5.35. The zero-order chi connectivity index (χ0) is 18.8. The summed E-state index contributed by atoms with van der Waals surface area (Å²) in [7, 11) is 0. The number of hydrogen-bond donors (Lipinski definition) is 0. The second-order valence-electron chi connectivity index (χ2n) is 7.28. The van der Waals surface area contributed by atoms with Gasteiger partial charge in [0.25, 0.3) is 5.56 Å². The molecule has 0 unspecified atom stereocenters. The Balaban J connectivity index is 1.60. The number of rotatable bonds is 6. The molecule has 27 heavy (non-hydrogen) atoms. The van der Waals surface area contributed by atoms with Crippen LogP contribution in [0.4, 0.5) is 0 Å². The Hall–Kier alpha value is -2.95. The van der Waals surface area contributed by atoms with Gasteiger partial charge in [0.15, 0.2) is 0 Å². The Labute approximate surface area is 158 Å². The fourth-order valence-corrected chi connectivity index (χ4v) is 3.53. The Morgan fingerprint density at radius 3 is 2.59 bits per heavy atom. The Morgan fingerprint density at radius 2 is 1.85 bits per heavy atom. The molecular weight excluding hydrogens is 338 g/mol. The van der Waals surface area contributed by atoms with Crippen LogP contribution in [-0.4, -0.2) is 26.4 Å². The van der Waals surface area contributed by atoms with Crippen LogP contribution in [0.2, 0.25) is 0 Å². The van der Waals surface area contributed by atoms with E-state index in [-0.39, 0.29) is 24.1 Å². The normalized spacial score (nSPS) is 14.9. The lowest BCUT2D eigenvalue weighted by atomic mass is 10.1. The van der Waals surface area contributed by atoms with Gasteiger partial charge in [0.1, 0.15) is 6.54 Å². The van der Waals surface area contributed by atoms with Crippen LogP contribution in [0, 0.1) is 5.92 Å². The minimum atomic E-state index is -0.173. The number of amides is 1. The first-order valence-corrected chi connectivity index (χ1v) is 9.41. The number of carbonyl (C=O) groups excluding carboxylic acids is 1. The molecule has 5 heteroatoms. The highest BCUT2D eigenvalue weighted by Gasteiger charge is 2.34. The highest BCUT2D eigenvalue weighted by atomic mass is 16.2. The number of para-hydroxylation sites is 1. The second-order valence-corrected chi connectivity index (χ2v) is 7.28. The summed E-state index contributed by atoms with van der Waals surface area (Å²) >= 11 is 0. The zero-order valence-electron chi connectivity index (χ0n) is 15.4. The van der Waals surface area contributed by atoms with E-state index >= 15 is 0 Å². The van der Waals surface area contributed by atoms with Crippen molar-refractivity contribution in [3.8, 4) is 0 Å². The summed E-state index contributed by atoms with van der Waals surface area (Å²) in [6.07, 6.45) is 3.81. The molecule has 1 aliphatic carbocycles. The Kier molecular flexibility index (Phi) is 4.75. The van der Waals surface area contributed by atoms with Crippen molar-refractivity contribution >= 4 is 16.8 Å². The molecule has 3 aromatic rings. The maximum atomic E-state index is 13.1. The van der Waals surface area contributed by atoms with Crippen LogP contribution in [0.25, 0.3) is 10.9 Å². The van der Waals surface area contributed by atoms with Gasteiger partial charge in [-0.3, -0.25) is 14.2 Å². The number of carbonyl (C=O) groups is 1. The van der Waals surface area contributed by atoms with Crippen LogP contribution >= 0.6 is 0 Å². The van der Waals surface area contributed by atoms with Gasteiger partial charge >= 0.3 is 0 Å². The molecule has 0 spiro atoms. The monoisotopic (exact) mass is 361 g/mol. The summed E-state index contributed by atoms with van der Waals surface area (Å²) in [6.45, 7) is 2.69. The van der Waals surface area contributed by atoms with Gasteiger partial charge in [0.2, 0.25) is 5.91 Å². The molecule has 1 heterocycles. The summed E-state index contributed by atoms with van der Waals surface area (Å²) in [4.78, 5) is 32.1. The van der Waals surface area contributed by atoms with Gasteiger partial charge in [-0.05, 0) is 43.4 Å². The van der Waals surface area contributed by atoms with Gasteiger partial charge in [-0.2, -0.15) is 0 Å². The van der Waals surface area contributed by atoms with Crippen LogP contribution in [0.15, 0.2) is 65.7 Å². The van der Waals surface area contributed by atoms with Crippen molar-refractivity contribution in [3.05, 3.63) is 76.8 Å². The third kappa shape index (κ3) is 3.77. The lowest BCUT2D eigenvalue weighted by molar-refractivity contribution is -0.135. The fraction of sp³-hybridized carbons (Fsp3) is 0.318. The maximum Gasteiger partial charge on any atom is 0.261 e. The predicted octanol–water partition coefficient (Wildman–Crippen LogP) is 3.22. The predicted molar refractivity (Wildman–Crippen MR) is 105 cm³/mol. The molecule has 4 rings (SSSR count). The van der Waals surface area contributed by atoms with Crippen LogP contribution in [0.5, 0.6) is 0 Å². The highest BCUT2D eigenvalue weighted by Crippen LogP contribution is 2.35. The van der Waals surface area contributed by atoms with Gasteiger partial charge in [-0.25, -0.2) is 4.98 Å². The number of nitrogens with zero attached hydrogens (tertiary/aromatic N) is 3. The van der Waals surface area contributed by atoms with Crippen molar-refractivity contribution in [2.45, 2.75) is 38.9 Å². The average Bonchev–Trinajstić information content (AvgIpc) is 3.54. The van der Waals surface area contributed by atoms with E-state index in [4.69, 9.17) is 0 Å². The standard InChI is InChI=1S/C22H23N3O2/c1-16(18-11-12-18)25(13-17-7-3-2-4-8-17)21(26)14-24-15-23-20-10-6-5-9-19(20)22(24)27/h2-10,15-16,18H,11-14H2,1H3/t16-/m0/s1. The van der Waals surface area contributed by atoms with Crippen molar-refractivity contribution in [3.63, 3.8) is 0 Å². The molecule has 0 bridgehead atoms. The molecule has 1 saturated carbocycles.